The number of nitrogens with two attached hydrogens (primary N) is 1. The molecule has 1 atom stereocenters. The summed E-state index contributed by atoms with van der Waals surface area (Å²) in [7, 11) is 0. The second-order valence-corrected chi connectivity index (χ2v) is 5.61. The second-order valence-electron chi connectivity index (χ2n) is 4.46. The van der Waals surface area contributed by atoms with E-state index >= 15 is 0 Å². The first-order valence-electron chi connectivity index (χ1n) is 5.91. The first kappa shape index (κ1) is 12.3. The van der Waals surface area contributed by atoms with Crippen molar-refractivity contribution in [3.63, 3.8) is 0 Å². The summed E-state index contributed by atoms with van der Waals surface area (Å²) in [6, 6.07) is 5.78. The van der Waals surface area contributed by atoms with Crippen LogP contribution >= 0.6 is 11.8 Å². The summed E-state index contributed by atoms with van der Waals surface area (Å²) in [5.41, 5.74) is 8.15. The van der Waals surface area contributed by atoms with Crippen LogP contribution in [0.4, 0.5) is 5.69 Å². The highest BCUT2D eigenvalue weighted by molar-refractivity contribution is 7.99. The van der Waals surface area contributed by atoms with Gasteiger partial charge in [0.05, 0.1) is 0 Å². The summed E-state index contributed by atoms with van der Waals surface area (Å²) in [6.07, 6.45) is 2.27. The van der Waals surface area contributed by atoms with Crippen LogP contribution < -0.4 is 11.1 Å². The minimum Gasteiger partial charge on any atom is -0.398 e. The van der Waals surface area contributed by atoms with Crippen molar-refractivity contribution in [3.05, 3.63) is 29.3 Å². The molecule has 17 heavy (non-hydrogen) atoms. The van der Waals surface area contributed by atoms with Gasteiger partial charge in [-0.25, -0.2) is 0 Å². The zero-order valence-corrected chi connectivity index (χ0v) is 10.8. The van der Waals surface area contributed by atoms with Crippen molar-refractivity contribution < 1.29 is 4.79 Å². The Balaban J connectivity index is 2.01. The highest BCUT2D eigenvalue weighted by Crippen LogP contribution is 2.18. The molecule has 1 aliphatic rings. The lowest BCUT2D eigenvalue weighted by Crippen LogP contribution is -2.38. The summed E-state index contributed by atoms with van der Waals surface area (Å²) in [5.74, 6) is 2.22. The molecule has 92 valence electrons. The molecule has 1 saturated heterocycles. The van der Waals surface area contributed by atoms with Crippen LogP contribution in [0.5, 0.6) is 0 Å². The third-order valence-electron chi connectivity index (χ3n) is 3.04. The summed E-state index contributed by atoms with van der Waals surface area (Å²) >= 11 is 1.91. The third kappa shape index (κ3) is 3.16. The van der Waals surface area contributed by atoms with E-state index in [1.54, 1.807) is 6.07 Å². The van der Waals surface area contributed by atoms with Crippen molar-refractivity contribution in [2.45, 2.75) is 25.8 Å². The Kier molecular flexibility index (Phi) is 3.94. The van der Waals surface area contributed by atoms with Crippen molar-refractivity contribution >= 4 is 23.4 Å². The number of nitrogen functional groups attached to an aromatic ring is 1. The first-order chi connectivity index (χ1) is 8.16. The lowest BCUT2D eigenvalue weighted by Gasteiger charge is -2.22. The molecule has 0 radical (unpaired) electrons. The Hall–Kier alpha value is -1.16. The van der Waals surface area contributed by atoms with Crippen molar-refractivity contribution in [1.29, 1.82) is 0 Å². The van der Waals surface area contributed by atoms with Gasteiger partial charge in [-0.1, -0.05) is 6.07 Å². The van der Waals surface area contributed by atoms with Gasteiger partial charge in [-0.15, -0.1) is 0 Å². The monoisotopic (exact) mass is 250 g/mol. The quantitative estimate of drug-likeness (QED) is 0.791. The molecule has 0 bridgehead atoms. The summed E-state index contributed by atoms with van der Waals surface area (Å²) in [4.78, 5) is 12.0. The lowest BCUT2D eigenvalue weighted by molar-refractivity contribution is 0.0938. The Bertz CT molecular complexity index is 414. The first-order valence-corrected chi connectivity index (χ1v) is 7.07. The molecule has 0 saturated carbocycles. The SMILES string of the molecule is Cc1ccc(C(=O)NC2CCCSC2)cc1N. The van der Waals surface area contributed by atoms with Gasteiger partial charge in [-0.05, 0) is 43.2 Å². The molecule has 2 rings (SSSR count). The molecule has 1 aromatic carbocycles. The highest BCUT2D eigenvalue weighted by Gasteiger charge is 2.17. The molecule has 0 spiro atoms. The maximum absolute atomic E-state index is 12.0. The molecule has 0 aliphatic carbocycles. The van der Waals surface area contributed by atoms with E-state index in [9.17, 15) is 4.79 Å². The maximum atomic E-state index is 12.0. The van der Waals surface area contributed by atoms with Crippen LogP contribution in [0.25, 0.3) is 0 Å². The van der Waals surface area contributed by atoms with E-state index in [0.29, 0.717) is 17.3 Å². The largest absolute Gasteiger partial charge is 0.398 e. The minimum atomic E-state index is -0.01000. The van der Waals surface area contributed by atoms with Crippen LogP contribution in [0.2, 0.25) is 0 Å². The number of carbonyl (C=O) groups excluding carboxylic acids is 1. The van der Waals surface area contributed by atoms with Crippen LogP contribution in [0.15, 0.2) is 18.2 Å². The van der Waals surface area contributed by atoms with E-state index in [-0.39, 0.29) is 5.91 Å². The summed E-state index contributed by atoms with van der Waals surface area (Å²) in [6.45, 7) is 1.94. The van der Waals surface area contributed by atoms with Crippen LogP contribution in [-0.2, 0) is 0 Å². The van der Waals surface area contributed by atoms with Crippen LogP contribution in [-0.4, -0.2) is 23.5 Å². The Morgan fingerprint density at radius 1 is 1.53 bits per heavy atom. The van der Waals surface area contributed by atoms with Crippen molar-refractivity contribution in [2.24, 2.45) is 0 Å². The van der Waals surface area contributed by atoms with Gasteiger partial charge in [0.2, 0.25) is 0 Å². The van der Waals surface area contributed by atoms with Crippen molar-refractivity contribution in [3.8, 4) is 0 Å². The van der Waals surface area contributed by atoms with E-state index in [0.717, 1.165) is 17.7 Å². The maximum Gasteiger partial charge on any atom is 0.251 e. The number of benzene rings is 1. The average Bonchev–Trinajstić information content (AvgIpc) is 2.34. The fourth-order valence-electron chi connectivity index (χ4n) is 1.91. The normalized spacial score (nSPS) is 19.9. The zero-order chi connectivity index (χ0) is 12.3. The van der Waals surface area contributed by atoms with E-state index in [1.807, 2.05) is 30.8 Å². The van der Waals surface area contributed by atoms with E-state index in [4.69, 9.17) is 5.73 Å². The standard InChI is InChI=1S/C13H18N2OS/c1-9-4-5-10(7-12(9)14)13(16)15-11-3-2-6-17-8-11/h4-5,7,11H,2-3,6,8,14H2,1H3,(H,15,16). The van der Waals surface area contributed by atoms with Crippen LogP contribution in [0, 0.1) is 6.92 Å². The van der Waals surface area contributed by atoms with Gasteiger partial charge in [0.1, 0.15) is 0 Å². The van der Waals surface area contributed by atoms with Gasteiger partial charge in [0.25, 0.3) is 5.91 Å². The second kappa shape index (κ2) is 5.45. The number of aryl methyl sites for hydroxylation is 1. The van der Waals surface area contributed by atoms with E-state index < -0.39 is 0 Å². The van der Waals surface area contributed by atoms with Gasteiger partial charge in [-0.2, -0.15) is 11.8 Å². The van der Waals surface area contributed by atoms with Gasteiger partial charge in [0.15, 0.2) is 0 Å². The molecule has 0 aromatic heterocycles. The lowest BCUT2D eigenvalue weighted by atomic mass is 10.1. The Labute approximate surface area is 106 Å². The predicted octanol–water partition coefficient (Wildman–Crippen LogP) is 2.20. The molecular weight excluding hydrogens is 232 g/mol. The molecule has 1 fully saturated rings. The molecule has 1 amide bonds. The van der Waals surface area contributed by atoms with Crippen LogP contribution in [0.1, 0.15) is 28.8 Å². The van der Waals surface area contributed by atoms with Gasteiger partial charge in [-0.3, -0.25) is 4.79 Å². The number of nitrogens with one attached hydrogen (secondary N) is 1. The molecule has 1 aromatic rings. The van der Waals surface area contributed by atoms with Gasteiger partial charge >= 0.3 is 0 Å². The molecule has 1 unspecified atom stereocenters. The predicted molar refractivity (Wildman–Crippen MR) is 73.4 cm³/mol. The summed E-state index contributed by atoms with van der Waals surface area (Å²) in [5, 5.41) is 3.07. The highest BCUT2D eigenvalue weighted by atomic mass is 32.2. The smallest absolute Gasteiger partial charge is 0.251 e. The van der Waals surface area contributed by atoms with E-state index in [1.165, 1.54) is 12.2 Å². The number of hydrogen-bond donors (Lipinski definition) is 2. The average molecular weight is 250 g/mol. The third-order valence-corrected chi connectivity index (χ3v) is 4.25. The number of rotatable bonds is 2. The molecule has 1 aliphatic heterocycles. The van der Waals surface area contributed by atoms with Gasteiger partial charge < -0.3 is 11.1 Å². The Morgan fingerprint density at radius 2 is 2.35 bits per heavy atom. The van der Waals surface area contributed by atoms with Crippen molar-refractivity contribution in [2.75, 3.05) is 17.2 Å². The van der Waals surface area contributed by atoms with Gasteiger partial charge in [0, 0.05) is 23.0 Å². The number of hydrogen-bond acceptors (Lipinski definition) is 3. The van der Waals surface area contributed by atoms with Crippen LogP contribution in [0.3, 0.4) is 0 Å². The molecule has 3 N–H and O–H groups in total. The topological polar surface area (TPSA) is 55.1 Å². The zero-order valence-electron chi connectivity index (χ0n) is 10.0. The molecule has 4 heteroatoms. The molecule has 3 nitrogen and oxygen atoms in total. The van der Waals surface area contributed by atoms with Crippen molar-refractivity contribution in [1.82, 2.24) is 5.32 Å². The molecular formula is C13H18N2OS. The number of anilines is 1. The molecule has 1 heterocycles. The Morgan fingerprint density at radius 3 is 3.00 bits per heavy atom. The van der Waals surface area contributed by atoms with E-state index in [2.05, 4.69) is 5.32 Å². The number of carbonyl (C=O) groups is 1. The fraction of sp³-hybridized carbons (Fsp3) is 0.462. The number of amides is 1. The minimum absolute atomic E-state index is 0.01000. The fourth-order valence-corrected chi connectivity index (χ4v) is 2.98. The summed E-state index contributed by atoms with van der Waals surface area (Å²) < 4.78 is 0. The number of thioether (sulfide) groups is 1.